The molecule has 3 heterocycles. The van der Waals surface area contributed by atoms with Crippen molar-refractivity contribution in [1.82, 2.24) is 14.5 Å². The van der Waals surface area contributed by atoms with Crippen molar-refractivity contribution in [2.24, 2.45) is 0 Å². The summed E-state index contributed by atoms with van der Waals surface area (Å²) in [5.41, 5.74) is 4.92. The number of hydrogen-bond acceptors (Lipinski definition) is 11. The number of hydrogen-bond donors (Lipinski definition) is 2. The minimum Gasteiger partial charge on any atom is -0.469 e. The zero-order chi connectivity index (χ0) is 24.4. The van der Waals surface area contributed by atoms with Crippen LogP contribution >= 0.6 is 23.1 Å². The number of aromatic amines is 1. The molecule has 4 rings (SSSR count). The Kier molecular flexibility index (Phi) is 7.05. The standard InChI is InChI=1S/C21H22N4O7S2/c1-3-11(31-18(28)10-7-5-4-6-8-10)19-32-17(12(33-19)9-13(26)30-2)25-15-14(34-21(25)29)16(27)24-20(22)23-15/h4-8,11-12,17,19H,3,9H2,1-2H3,(H3,22,23,24,27)/t11-,12-,17+,19?/m0/s1. The molecule has 0 spiro atoms. The van der Waals surface area contributed by atoms with Crippen LogP contribution in [0.1, 0.15) is 36.4 Å². The molecular formula is C21H22N4O7S2. The summed E-state index contributed by atoms with van der Waals surface area (Å²) in [6.45, 7) is 1.84. The highest BCUT2D eigenvalue weighted by molar-refractivity contribution is 8.00. The van der Waals surface area contributed by atoms with E-state index in [0.717, 1.165) is 0 Å². The normalized spacial score (nSPS) is 20.8. The van der Waals surface area contributed by atoms with Crippen LogP contribution in [0.3, 0.4) is 0 Å². The molecule has 0 aliphatic carbocycles. The molecule has 1 aromatic carbocycles. The Morgan fingerprint density at radius 2 is 2.03 bits per heavy atom. The fourth-order valence-electron chi connectivity index (χ4n) is 3.58. The highest BCUT2D eigenvalue weighted by atomic mass is 32.2. The maximum atomic E-state index is 12.9. The van der Waals surface area contributed by atoms with Crippen molar-refractivity contribution < 1.29 is 23.8 Å². The van der Waals surface area contributed by atoms with Crippen LogP contribution in [-0.4, -0.2) is 50.4 Å². The Morgan fingerprint density at radius 3 is 2.71 bits per heavy atom. The summed E-state index contributed by atoms with van der Waals surface area (Å²) >= 11 is 1.96. The summed E-state index contributed by atoms with van der Waals surface area (Å²) in [6, 6.07) is 8.54. The lowest BCUT2D eigenvalue weighted by Gasteiger charge is -2.22. The smallest absolute Gasteiger partial charge is 0.338 e. The Labute approximate surface area is 201 Å². The summed E-state index contributed by atoms with van der Waals surface area (Å²) in [5, 5.41) is -0.570. The van der Waals surface area contributed by atoms with Crippen molar-refractivity contribution >= 4 is 51.3 Å². The predicted molar refractivity (Wildman–Crippen MR) is 127 cm³/mol. The molecular weight excluding hydrogens is 484 g/mol. The number of nitrogens with zero attached hydrogens (tertiary/aromatic N) is 2. The van der Waals surface area contributed by atoms with E-state index in [1.54, 1.807) is 30.3 Å². The van der Waals surface area contributed by atoms with Crippen molar-refractivity contribution in [3.63, 3.8) is 0 Å². The van der Waals surface area contributed by atoms with E-state index in [0.29, 0.717) is 23.3 Å². The number of nitrogens with one attached hydrogen (secondary N) is 1. The summed E-state index contributed by atoms with van der Waals surface area (Å²) in [6.07, 6.45) is -1.27. The highest BCUT2D eigenvalue weighted by Crippen LogP contribution is 2.44. The minimum absolute atomic E-state index is 0.0618. The topological polar surface area (TPSA) is 156 Å². The number of methoxy groups -OCH3 is 1. The Hall–Kier alpha value is -3.16. The summed E-state index contributed by atoms with van der Waals surface area (Å²) in [7, 11) is 1.26. The summed E-state index contributed by atoms with van der Waals surface area (Å²) in [4.78, 5) is 55.8. The second-order valence-corrected chi connectivity index (χ2v) is 9.71. The lowest BCUT2D eigenvalue weighted by Crippen LogP contribution is -2.31. The van der Waals surface area contributed by atoms with Crippen LogP contribution in [-0.2, 0) is 19.0 Å². The molecule has 3 aromatic rings. The van der Waals surface area contributed by atoms with Gasteiger partial charge in [-0.2, -0.15) is 4.98 Å². The van der Waals surface area contributed by atoms with Gasteiger partial charge in [-0.1, -0.05) is 36.5 Å². The first-order valence-electron chi connectivity index (χ1n) is 10.4. The van der Waals surface area contributed by atoms with E-state index in [1.807, 2.05) is 6.92 Å². The third-order valence-corrected chi connectivity index (χ3v) is 7.59. The number of anilines is 1. The molecule has 1 aliphatic rings. The number of carbonyl (C=O) groups excluding carboxylic acids is 2. The number of thioether (sulfide) groups is 1. The Morgan fingerprint density at radius 1 is 1.29 bits per heavy atom. The van der Waals surface area contributed by atoms with Crippen LogP contribution < -0.4 is 16.2 Å². The van der Waals surface area contributed by atoms with Crippen molar-refractivity contribution in [1.29, 1.82) is 0 Å². The first-order valence-corrected chi connectivity index (χ1v) is 12.1. The molecule has 4 atom stereocenters. The van der Waals surface area contributed by atoms with Gasteiger partial charge in [0.25, 0.3) is 5.56 Å². The number of nitrogen functional groups attached to an aromatic ring is 1. The SMILES string of the molecule is CC[C@H](OC(=O)c1ccccc1)C1O[C@@H](n2c(=O)sc3c(=O)[nH]c(N)nc32)[C@H](CC(=O)OC)S1. The van der Waals surface area contributed by atoms with Gasteiger partial charge in [0.2, 0.25) is 5.95 Å². The third-order valence-electron chi connectivity index (χ3n) is 5.22. The lowest BCUT2D eigenvalue weighted by atomic mass is 10.2. The molecule has 1 fully saturated rings. The second-order valence-electron chi connectivity index (χ2n) is 7.41. The zero-order valence-electron chi connectivity index (χ0n) is 18.3. The van der Waals surface area contributed by atoms with Gasteiger partial charge < -0.3 is 19.9 Å². The molecule has 0 bridgehead atoms. The van der Waals surface area contributed by atoms with E-state index < -0.39 is 45.4 Å². The molecule has 13 heteroatoms. The van der Waals surface area contributed by atoms with Gasteiger partial charge in [0.15, 0.2) is 11.9 Å². The summed E-state index contributed by atoms with van der Waals surface area (Å²) in [5.74, 6) is -1.17. The van der Waals surface area contributed by atoms with E-state index in [9.17, 15) is 19.2 Å². The van der Waals surface area contributed by atoms with E-state index >= 15 is 0 Å². The predicted octanol–water partition coefficient (Wildman–Crippen LogP) is 1.88. The van der Waals surface area contributed by atoms with Crippen LogP contribution in [0.4, 0.5) is 5.95 Å². The molecule has 2 aromatic heterocycles. The average Bonchev–Trinajstić information content (AvgIpc) is 3.37. The van der Waals surface area contributed by atoms with Gasteiger partial charge in [0, 0.05) is 0 Å². The van der Waals surface area contributed by atoms with Crippen LogP contribution in [0.2, 0.25) is 0 Å². The molecule has 1 aliphatic heterocycles. The number of aromatic nitrogens is 3. The van der Waals surface area contributed by atoms with Crippen molar-refractivity contribution in [3.05, 3.63) is 55.9 Å². The monoisotopic (exact) mass is 506 g/mol. The van der Waals surface area contributed by atoms with Crippen LogP contribution in [0, 0.1) is 0 Å². The molecule has 180 valence electrons. The zero-order valence-corrected chi connectivity index (χ0v) is 19.9. The highest BCUT2D eigenvalue weighted by Gasteiger charge is 2.44. The largest absolute Gasteiger partial charge is 0.469 e. The van der Waals surface area contributed by atoms with Crippen LogP contribution in [0.5, 0.6) is 0 Å². The fraction of sp³-hybridized carbons (Fsp3) is 0.381. The Bertz CT molecular complexity index is 1320. The number of H-pyrrole nitrogens is 1. The number of thiazole rings is 1. The van der Waals surface area contributed by atoms with Gasteiger partial charge in [-0.25, -0.2) is 4.79 Å². The number of carbonyl (C=O) groups is 2. The maximum absolute atomic E-state index is 12.9. The number of benzene rings is 1. The second kappa shape index (κ2) is 9.99. The minimum atomic E-state index is -0.964. The van der Waals surface area contributed by atoms with Crippen molar-refractivity contribution in [2.75, 3.05) is 12.8 Å². The van der Waals surface area contributed by atoms with Gasteiger partial charge in [-0.05, 0) is 18.6 Å². The molecule has 0 saturated carbocycles. The van der Waals surface area contributed by atoms with Gasteiger partial charge in [0.1, 0.15) is 16.2 Å². The van der Waals surface area contributed by atoms with E-state index in [-0.39, 0.29) is 22.7 Å². The van der Waals surface area contributed by atoms with Gasteiger partial charge in [-0.3, -0.25) is 23.9 Å². The Balaban J connectivity index is 1.67. The summed E-state index contributed by atoms with van der Waals surface area (Å²) < 4.78 is 18.0. The van der Waals surface area contributed by atoms with Gasteiger partial charge in [0.05, 0.1) is 24.3 Å². The third kappa shape index (κ3) is 4.72. The quantitative estimate of drug-likeness (QED) is 0.454. The number of rotatable bonds is 7. The van der Waals surface area contributed by atoms with E-state index in [2.05, 4.69) is 9.97 Å². The lowest BCUT2D eigenvalue weighted by molar-refractivity contribution is -0.141. The molecule has 1 unspecified atom stereocenters. The first-order chi connectivity index (χ1) is 16.3. The van der Waals surface area contributed by atoms with E-state index in [4.69, 9.17) is 19.9 Å². The number of nitrogens with two attached hydrogens (primary N) is 1. The maximum Gasteiger partial charge on any atom is 0.338 e. The fourth-order valence-corrected chi connectivity index (χ4v) is 5.92. The molecule has 3 N–H and O–H groups in total. The van der Waals surface area contributed by atoms with Crippen molar-refractivity contribution in [3.8, 4) is 0 Å². The number of esters is 2. The molecule has 0 radical (unpaired) electrons. The van der Waals surface area contributed by atoms with Gasteiger partial charge >= 0.3 is 16.8 Å². The van der Waals surface area contributed by atoms with Crippen LogP contribution in [0.15, 0.2) is 39.9 Å². The molecule has 34 heavy (non-hydrogen) atoms. The van der Waals surface area contributed by atoms with E-state index in [1.165, 1.54) is 23.4 Å². The van der Waals surface area contributed by atoms with Gasteiger partial charge in [-0.15, -0.1) is 11.8 Å². The van der Waals surface area contributed by atoms with Crippen LogP contribution in [0.25, 0.3) is 10.3 Å². The number of fused-ring (bicyclic) bond motifs is 1. The first kappa shape index (κ1) is 24.0. The average molecular weight is 507 g/mol. The van der Waals surface area contributed by atoms with Crippen molar-refractivity contribution in [2.45, 2.75) is 42.8 Å². The molecule has 11 nitrogen and oxygen atoms in total. The molecule has 0 amide bonds. The number of ether oxygens (including phenoxy) is 3. The molecule has 1 saturated heterocycles.